The van der Waals surface area contributed by atoms with E-state index >= 15 is 0 Å². The van der Waals surface area contributed by atoms with Crippen LogP contribution in [-0.4, -0.2) is 89.1 Å². The Morgan fingerprint density at radius 3 is 1.94 bits per heavy atom. The molecule has 11 heteroatoms. The summed E-state index contributed by atoms with van der Waals surface area (Å²) in [7, 11) is -4.04. The highest BCUT2D eigenvalue weighted by molar-refractivity contribution is 7.89. The number of aromatic carboxylic acids is 1. The van der Waals surface area contributed by atoms with Gasteiger partial charge in [-0.1, -0.05) is 13.8 Å². The van der Waals surface area contributed by atoms with Gasteiger partial charge in [0.2, 0.25) is 15.9 Å². The van der Waals surface area contributed by atoms with Crippen LogP contribution < -0.4 is 4.72 Å². The summed E-state index contributed by atoms with van der Waals surface area (Å²) in [4.78, 5) is 25.8. The van der Waals surface area contributed by atoms with E-state index in [2.05, 4.69) is 4.72 Å². The van der Waals surface area contributed by atoms with Crippen LogP contribution in [0.2, 0.25) is 0 Å². The quantitative estimate of drug-likeness (QED) is 0.600. The predicted octanol–water partition coefficient (Wildman–Crippen LogP) is 0.970. The van der Waals surface area contributed by atoms with E-state index in [0.29, 0.717) is 59.2 Å². The Morgan fingerprint density at radius 1 is 0.969 bits per heavy atom. The van der Waals surface area contributed by atoms with E-state index in [1.165, 1.54) is 24.3 Å². The molecule has 0 bridgehead atoms. The van der Waals surface area contributed by atoms with Gasteiger partial charge in [0.1, 0.15) is 6.04 Å². The Labute approximate surface area is 188 Å². The molecule has 0 unspecified atom stereocenters. The number of ether oxygens (including phenoxy) is 3. The van der Waals surface area contributed by atoms with Crippen LogP contribution in [0.25, 0.3) is 0 Å². The number of carboxylic acids is 1. The van der Waals surface area contributed by atoms with Crippen molar-refractivity contribution in [3.63, 3.8) is 0 Å². The van der Waals surface area contributed by atoms with Gasteiger partial charge >= 0.3 is 5.97 Å². The van der Waals surface area contributed by atoms with Crippen molar-refractivity contribution in [2.45, 2.75) is 31.2 Å². The minimum atomic E-state index is -4.04. The topological polar surface area (TPSA) is 131 Å². The summed E-state index contributed by atoms with van der Waals surface area (Å²) in [6, 6.07) is 3.87. The summed E-state index contributed by atoms with van der Waals surface area (Å²) in [5.41, 5.74) is -0.0245. The Bertz CT molecular complexity index is 830. The lowest BCUT2D eigenvalue weighted by molar-refractivity contribution is -0.135. The van der Waals surface area contributed by atoms with Crippen LogP contribution in [0.4, 0.5) is 0 Å². The molecule has 2 rings (SSSR count). The first-order valence-electron chi connectivity index (χ1n) is 10.6. The number of benzene rings is 1. The molecule has 0 radical (unpaired) electrons. The molecule has 1 amide bonds. The molecular formula is C21H32N2O8S. The fourth-order valence-electron chi connectivity index (χ4n) is 3.15. The molecule has 1 saturated heterocycles. The van der Waals surface area contributed by atoms with Gasteiger partial charge in [-0.05, 0) is 36.6 Å². The van der Waals surface area contributed by atoms with E-state index in [0.717, 1.165) is 0 Å². The van der Waals surface area contributed by atoms with Crippen LogP contribution in [0, 0.1) is 5.92 Å². The zero-order valence-corrected chi connectivity index (χ0v) is 19.3. The number of hydrogen-bond donors (Lipinski definition) is 2. The molecule has 1 aliphatic rings. The standard InChI is InChI=1S/C21H32N2O8S/c1-16(2)15-19(22-32(27,28)18-5-3-17(4-6-18)21(25)26)20(24)23-7-9-29-11-13-31-14-12-30-10-8-23/h3-6,16,19,22H,7-15H2,1-2H3,(H,25,26)/t19-/m0/s1. The monoisotopic (exact) mass is 472 g/mol. The Hall–Kier alpha value is -2.05. The molecule has 180 valence electrons. The summed E-state index contributed by atoms with van der Waals surface area (Å²) in [6.45, 7) is 6.67. The van der Waals surface area contributed by atoms with Crippen LogP contribution in [0.5, 0.6) is 0 Å². The Kier molecular flexibility index (Phi) is 10.5. The van der Waals surface area contributed by atoms with Gasteiger partial charge in [-0.15, -0.1) is 0 Å². The van der Waals surface area contributed by atoms with Gasteiger partial charge in [0.05, 0.1) is 50.1 Å². The molecule has 2 N–H and O–H groups in total. The van der Waals surface area contributed by atoms with Crippen molar-refractivity contribution in [3.05, 3.63) is 29.8 Å². The maximum Gasteiger partial charge on any atom is 0.335 e. The van der Waals surface area contributed by atoms with Gasteiger partial charge in [-0.2, -0.15) is 4.72 Å². The third kappa shape index (κ3) is 8.47. The third-order valence-corrected chi connectivity index (χ3v) is 6.27. The number of sulfonamides is 1. The van der Waals surface area contributed by atoms with E-state index in [9.17, 15) is 18.0 Å². The number of nitrogens with zero attached hydrogens (tertiary/aromatic N) is 1. The summed E-state index contributed by atoms with van der Waals surface area (Å²) >= 11 is 0. The van der Waals surface area contributed by atoms with Crippen molar-refractivity contribution >= 4 is 21.9 Å². The van der Waals surface area contributed by atoms with Crippen LogP contribution in [0.1, 0.15) is 30.6 Å². The van der Waals surface area contributed by atoms with E-state index in [-0.39, 0.29) is 22.3 Å². The molecule has 1 aliphatic heterocycles. The van der Waals surface area contributed by atoms with E-state index in [1.807, 2.05) is 13.8 Å². The normalized spacial score (nSPS) is 17.9. The largest absolute Gasteiger partial charge is 0.478 e. The van der Waals surface area contributed by atoms with Gasteiger partial charge < -0.3 is 24.2 Å². The average molecular weight is 473 g/mol. The number of nitrogens with one attached hydrogen (secondary N) is 1. The molecule has 1 heterocycles. The molecule has 0 aliphatic carbocycles. The maximum absolute atomic E-state index is 13.3. The molecule has 32 heavy (non-hydrogen) atoms. The van der Waals surface area contributed by atoms with Gasteiger partial charge in [-0.3, -0.25) is 4.79 Å². The minimum absolute atomic E-state index is 0.0245. The molecule has 10 nitrogen and oxygen atoms in total. The van der Waals surface area contributed by atoms with Crippen molar-refractivity contribution < 1.29 is 37.3 Å². The number of carbonyl (C=O) groups is 2. The van der Waals surface area contributed by atoms with Crippen molar-refractivity contribution in [1.29, 1.82) is 0 Å². The number of carboxylic acid groups (broad SMARTS) is 1. The van der Waals surface area contributed by atoms with Crippen LogP contribution in [0.15, 0.2) is 29.2 Å². The van der Waals surface area contributed by atoms with Crippen LogP contribution in [-0.2, 0) is 29.0 Å². The van der Waals surface area contributed by atoms with Gasteiger partial charge in [0.25, 0.3) is 0 Å². The Morgan fingerprint density at radius 2 is 1.47 bits per heavy atom. The second kappa shape index (κ2) is 12.9. The van der Waals surface area contributed by atoms with Gasteiger partial charge in [0, 0.05) is 13.1 Å². The Balaban J connectivity index is 2.16. The summed E-state index contributed by atoms with van der Waals surface area (Å²) in [5.74, 6) is -1.45. The fraction of sp³-hybridized carbons (Fsp3) is 0.619. The summed E-state index contributed by atoms with van der Waals surface area (Å²) < 4.78 is 44.7. The van der Waals surface area contributed by atoms with Crippen LogP contribution in [0.3, 0.4) is 0 Å². The maximum atomic E-state index is 13.3. The first-order chi connectivity index (χ1) is 15.2. The van der Waals surface area contributed by atoms with Crippen molar-refractivity contribution in [2.24, 2.45) is 5.92 Å². The number of carbonyl (C=O) groups excluding carboxylic acids is 1. The zero-order valence-electron chi connectivity index (χ0n) is 18.5. The second-order valence-corrected chi connectivity index (χ2v) is 9.51. The number of rotatable bonds is 7. The van der Waals surface area contributed by atoms with Crippen molar-refractivity contribution in [2.75, 3.05) is 52.7 Å². The van der Waals surface area contributed by atoms with Crippen molar-refractivity contribution in [1.82, 2.24) is 9.62 Å². The van der Waals surface area contributed by atoms with E-state index in [1.54, 1.807) is 4.90 Å². The van der Waals surface area contributed by atoms with Gasteiger partial charge in [0.15, 0.2) is 0 Å². The molecular weight excluding hydrogens is 440 g/mol. The highest BCUT2D eigenvalue weighted by atomic mass is 32.2. The minimum Gasteiger partial charge on any atom is -0.478 e. The zero-order chi connectivity index (χ0) is 23.6. The third-order valence-electron chi connectivity index (χ3n) is 4.78. The highest BCUT2D eigenvalue weighted by Crippen LogP contribution is 2.15. The lowest BCUT2D eigenvalue weighted by Crippen LogP contribution is -2.50. The fourth-order valence-corrected chi connectivity index (χ4v) is 4.35. The number of hydrogen-bond acceptors (Lipinski definition) is 7. The lowest BCUT2D eigenvalue weighted by Gasteiger charge is -2.29. The molecule has 0 aromatic heterocycles. The molecule has 0 spiro atoms. The van der Waals surface area contributed by atoms with Gasteiger partial charge in [-0.25, -0.2) is 13.2 Å². The summed E-state index contributed by atoms with van der Waals surface area (Å²) in [6.07, 6.45) is 0.303. The molecule has 1 aromatic carbocycles. The van der Waals surface area contributed by atoms with Crippen molar-refractivity contribution in [3.8, 4) is 0 Å². The molecule has 1 atom stereocenters. The first-order valence-corrected chi connectivity index (χ1v) is 12.1. The van der Waals surface area contributed by atoms with E-state index < -0.39 is 22.0 Å². The second-order valence-electron chi connectivity index (χ2n) is 7.80. The van der Waals surface area contributed by atoms with Crippen LogP contribution >= 0.6 is 0 Å². The summed E-state index contributed by atoms with van der Waals surface area (Å²) in [5, 5.41) is 9.01. The SMILES string of the molecule is CC(C)C[C@H](NS(=O)(=O)c1ccc(C(=O)O)cc1)C(=O)N1CCOCCOCCOCC1. The lowest BCUT2D eigenvalue weighted by atomic mass is 10.0. The number of amides is 1. The average Bonchev–Trinajstić information content (AvgIpc) is 2.73. The molecule has 1 fully saturated rings. The smallest absolute Gasteiger partial charge is 0.335 e. The van der Waals surface area contributed by atoms with E-state index in [4.69, 9.17) is 19.3 Å². The molecule has 1 aromatic rings. The first kappa shape index (κ1) is 26.2. The molecule has 0 saturated carbocycles. The highest BCUT2D eigenvalue weighted by Gasteiger charge is 2.30. The predicted molar refractivity (Wildman–Crippen MR) is 116 cm³/mol.